The molecule has 3 heteroatoms. The first-order valence-corrected chi connectivity index (χ1v) is 5.68. The second kappa shape index (κ2) is 2.96. The molecule has 0 radical (unpaired) electrons. The molecule has 0 aromatic carbocycles. The predicted molar refractivity (Wildman–Crippen MR) is 57.7 cm³/mol. The van der Waals surface area contributed by atoms with Crippen LogP contribution in [0.5, 0.6) is 0 Å². The number of hydrogen-bond donors (Lipinski definition) is 1. The maximum atomic E-state index is 9.96. The zero-order valence-corrected chi connectivity index (χ0v) is 10.3. The molecular formula is C12H22O3. The molecule has 1 N–H and O–H groups in total. The van der Waals surface area contributed by atoms with Gasteiger partial charge in [0.2, 0.25) is 0 Å². The van der Waals surface area contributed by atoms with Crippen molar-refractivity contribution in [2.24, 2.45) is 11.3 Å². The zero-order chi connectivity index (χ0) is 11.5. The van der Waals surface area contributed by atoms with Crippen LogP contribution in [0.3, 0.4) is 0 Å². The Hall–Kier alpha value is -0.120. The topological polar surface area (TPSA) is 38.7 Å². The van der Waals surface area contributed by atoms with Gasteiger partial charge < -0.3 is 14.6 Å². The third-order valence-electron chi connectivity index (χ3n) is 4.42. The van der Waals surface area contributed by atoms with Crippen LogP contribution in [-0.4, -0.2) is 35.6 Å². The Bertz CT molecular complexity index is 271. The molecule has 0 aliphatic carbocycles. The summed E-state index contributed by atoms with van der Waals surface area (Å²) in [6, 6.07) is 0. The van der Waals surface area contributed by atoms with E-state index in [-0.39, 0.29) is 11.0 Å². The van der Waals surface area contributed by atoms with E-state index in [2.05, 4.69) is 27.7 Å². The van der Waals surface area contributed by atoms with Crippen LogP contribution in [0.25, 0.3) is 0 Å². The molecule has 15 heavy (non-hydrogen) atoms. The zero-order valence-electron chi connectivity index (χ0n) is 10.3. The molecule has 0 aromatic rings. The Balaban J connectivity index is 2.36. The van der Waals surface area contributed by atoms with Crippen LogP contribution in [0.15, 0.2) is 0 Å². The van der Waals surface area contributed by atoms with Crippen molar-refractivity contribution in [3.05, 3.63) is 0 Å². The lowest BCUT2D eigenvalue weighted by molar-refractivity contribution is -0.104. The number of rotatable bonds is 0. The van der Waals surface area contributed by atoms with E-state index >= 15 is 0 Å². The van der Waals surface area contributed by atoms with Crippen LogP contribution < -0.4 is 0 Å². The maximum absolute atomic E-state index is 9.96. The molecular weight excluding hydrogens is 192 g/mol. The second-order valence-electron chi connectivity index (χ2n) is 6.27. The fourth-order valence-corrected chi connectivity index (χ4v) is 3.06. The van der Waals surface area contributed by atoms with Crippen LogP contribution in [-0.2, 0) is 9.47 Å². The van der Waals surface area contributed by atoms with Crippen molar-refractivity contribution in [1.82, 2.24) is 0 Å². The highest BCUT2D eigenvalue weighted by atomic mass is 16.6. The Kier molecular flexibility index (Phi) is 2.25. The summed E-state index contributed by atoms with van der Waals surface area (Å²) in [5.74, 6) is 0.326. The summed E-state index contributed by atoms with van der Waals surface area (Å²) in [4.78, 5) is 0. The minimum absolute atomic E-state index is 0.135. The summed E-state index contributed by atoms with van der Waals surface area (Å²) in [6.45, 7) is 11.7. The van der Waals surface area contributed by atoms with Gasteiger partial charge in [-0.2, -0.15) is 0 Å². The van der Waals surface area contributed by atoms with Gasteiger partial charge in [0.1, 0.15) is 17.3 Å². The van der Waals surface area contributed by atoms with Gasteiger partial charge in [-0.3, -0.25) is 0 Å². The average Bonchev–Trinajstić information content (AvgIpc) is 2.46. The highest BCUT2D eigenvalue weighted by molar-refractivity contribution is 5.15. The molecule has 2 saturated heterocycles. The largest absolute Gasteiger partial charge is 0.388 e. The molecule has 0 unspecified atom stereocenters. The van der Waals surface area contributed by atoms with E-state index in [0.717, 1.165) is 0 Å². The summed E-state index contributed by atoms with van der Waals surface area (Å²) in [5.41, 5.74) is -0.758. The van der Waals surface area contributed by atoms with Crippen LogP contribution in [0, 0.1) is 11.3 Å². The molecule has 0 amide bonds. The molecule has 2 heterocycles. The minimum Gasteiger partial charge on any atom is -0.388 e. The molecule has 0 bridgehead atoms. The van der Waals surface area contributed by atoms with Gasteiger partial charge in [0.25, 0.3) is 0 Å². The van der Waals surface area contributed by atoms with E-state index in [1.54, 1.807) is 0 Å². The van der Waals surface area contributed by atoms with Gasteiger partial charge in [0.05, 0.1) is 13.2 Å². The molecule has 0 spiro atoms. The quantitative estimate of drug-likeness (QED) is 0.665. The number of ether oxygens (including phenoxy) is 2. The van der Waals surface area contributed by atoms with Crippen molar-refractivity contribution in [1.29, 1.82) is 0 Å². The van der Waals surface area contributed by atoms with Crippen molar-refractivity contribution in [3.8, 4) is 0 Å². The SMILES string of the molecule is CC(C)(C)[C@H]1CO[C@@]2(C)[C@@H](O)CO[C@@]12C. The molecule has 3 nitrogen and oxygen atoms in total. The summed E-state index contributed by atoms with van der Waals surface area (Å²) in [5, 5.41) is 9.96. The van der Waals surface area contributed by atoms with Gasteiger partial charge in [-0.25, -0.2) is 0 Å². The first kappa shape index (κ1) is 11.4. The van der Waals surface area contributed by atoms with Crippen molar-refractivity contribution in [3.63, 3.8) is 0 Å². The van der Waals surface area contributed by atoms with E-state index in [1.807, 2.05) is 6.92 Å². The first-order chi connectivity index (χ1) is 6.72. The number of aliphatic hydroxyl groups is 1. The molecule has 4 atom stereocenters. The van der Waals surface area contributed by atoms with Crippen molar-refractivity contribution in [2.75, 3.05) is 13.2 Å². The van der Waals surface area contributed by atoms with Gasteiger partial charge in [0, 0.05) is 5.92 Å². The standard InChI is InChI=1S/C12H22O3/c1-10(2,3)8-6-14-12(5)9(13)7-15-11(8,12)4/h8-9,13H,6-7H2,1-5H3/t8-,9+,11+,12+/m1/s1. The fraction of sp³-hybridized carbons (Fsp3) is 1.00. The van der Waals surface area contributed by atoms with Gasteiger partial charge in [-0.05, 0) is 19.3 Å². The van der Waals surface area contributed by atoms with E-state index in [1.165, 1.54) is 0 Å². The Morgan fingerprint density at radius 3 is 2.13 bits per heavy atom. The highest BCUT2D eigenvalue weighted by Gasteiger charge is 2.66. The number of aliphatic hydroxyl groups excluding tert-OH is 1. The van der Waals surface area contributed by atoms with Crippen LogP contribution >= 0.6 is 0 Å². The summed E-state index contributed by atoms with van der Waals surface area (Å²) < 4.78 is 11.7. The Morgan fingerprint density at radius 1 is 1.07 bits per heavy atom. The normalized spacial score (nSPS) is 50.8. The predicted octanol–water partition coefficient (Wildman–Crippen LogP) is 1.59. The molecule has 2 fully saturated rings. The van der Waals surface area contributed by atoms with E-state index in [0.29, 0.717) is 19.1 Å². The Morgan fingerprint density at radius 2 is 1.60 bits per heavy atom. The molecule has 88 valence electrons. The lowest BCUT2D eigenvalue weighted by Gasteiger charge is -2.41. The average molecular weight is 214 g/mol. The fourth-order valence-electron chi connectivity index (χ4n) is 3.06. The van der Waals surface area contributed by atoms with Crippen molar-refractivity contribution >= 4 is 0 Å². The highest BCUT2D eigenvalue weighted by Crippen LogP contribution is 2.54. The lowest BCUT2D eigenvalue weighted by atomic mass is 9.67. The molecule has 0 aromatic heterocycles. The monoisotopic (exact) mass is 214 g/mol. The maximum Gasteiger partial charge on any atom is 0.122 e. The third-order valence-corrected chi connectivity index (χ3v) is 4.42. The van der Waals surface area contributed by atoms with Crippen LogP contribution in [0.4, 0.5) is 0 Å². The second-order valence-corrected chi connectivity index (χ2v) is 6.27. The van der Waals surface area contributed by atoms with Crippen LogP contribution in [0.2, 0.25) is 0 Å². The van der Waals surface area contributed by atoms with Gasteiger partial charge in [0.15, 0.2) is 0 Å². The molecule has 2 aliphatic heterocycles. The van der Waals surface area contributed by atoms with Gasteiger partial charge in [-0.1, -0.05) is 20.8 Å². The summed E-state index contributed by atoms with van der Waals surface area (Å²) in [6.07, 6.45) is -0.505. The van der Waals surface area contributed by atoms with Crippen molar-refractivity contribution < 1.29 is 14.6 Å². The summed E-state index contributed by atoms with van der Waals surface area (Å²) >= 11 is 0. The van der Waals surface area contributed by atoms with Gasteiger partial charge in [-0.15, -0.1) is 0 Å². The van der Waals surface area contributed by atoms with E-state index in [4.69, 9.17) is 9.47 Å². The van der Waals surface area contributed by atoms with E-state index in [9.17, 15) is 5.11 Å². The molecule has 0 saturated carbocycles. The van der Waals surface area contributed by atoms with E-state index < -0.39 is 11.7 Å². The van der Waals surface area contributed by atoms with Gasteiger partial charge >= 0.3 is 0 Å². The number of fused-ring (bicyclic) bond motifs is 1. The molecule has 2 rings (SSSR count). The van der Waals surface area contributed by atoms with Crippen molar-refractivity contribution in [2.45, 2.75) is 51.9 Å². The number of hydrogen-bond acceptors (Lipinski definition) is 3. The first-order valence-electron chi connectivity index (χ1n) is 5.68. The van der Waals surface area contributed by atoms with Crippen LogP contribution in [0.1, 0.15) is 34.6 Å². The Labute approximate surface area is 91.8 Å². The third kappa shape index (κ3) is 1.30. The molecule has 2 aliphatic rings. The smallest absolute Gasteiger partial charge is 0.122 e. The minimum atomic E-state index is -0.537. The summed E-state index contributed by atoms with van der Waals surface area (Å²) in [7, 11) is 0. The lowest BCUT2D eigenvalue weighted by Crippen LogP contribution is -2.53.